The van der Waals surface area contributed by atoms with Crippen LogP contribution in [0.2, 0.25) is 0 Å². The Morgan fingerprint density at radius 2 is 1.91 bits per heavy atom. The molecule has 0 saturated heterocycles. The van der Waals surface area contributed by atoms with Crippen molar-refractivity contribution in [3.63, 3.8) is 0 Å². The lowest BCUT2D eigenvalue weighted by atomic mass is 9.59. The van der Waals surface area contributed by atoms with Gasteiger partial charge < -0.3 is 19.2 Å². The van der Waals surface area contributed by atoms with Crippen LogP contribution in [0.4, 0.5) is 4.39 Å². The maximum Gasteiger partial charge on any atom is 0.258 e. The Kier molecular flexibility index (Phi) is 6.05. The molecule has 2 heterocycles. The number of nitrogens with one attached hydrogen (secondary N) is 1. The fourth-order valence-electron chi connectivity index (χ4n) is 4.40. The first kappa shape index (κ1) is 22.7. The van der Waals surface area contributed by atoms with E-state index in [0.29, 0.717) is 41.7 Å². The van der Waals surface area contributed by atoms with Gasteiger partial charge in [0.15, 0.2) is 13.2 Å². The Bertz CT molecular complexity index is 1160. The normalized spacial score (nSPS) is 21.8. The molecule has 1 fully saturated rings. The summed E-state index contributed by atoms with van der Waals surface area (Å²) >= 11 is 0. The van der Waals surface area contributed by atoms with E-state index in [0.717, 1.165) is 5.56 Å². The van der Waals surface area contributed by atoms with Gasteiger partial charge in [-0.05, 0) is 56.9 Å². The highest BCUT2D eigenvalue weighted by atomic mass is 19.1. The van der Waals surface area contributed by atoms with Gasteiger partial charge in [-0.2, -0.15) is 0 Å². The summed E-state index contributed by atoms with van der Waals surface area (Å²) in [5.41, 5.74) is 0.750. The number of aromatic nitrogens is 3. The van der Waals surface area contributed by atoms with Crippen molar-refractivity contribution in [1.82, 2.24) is 20.5 Å². The molecule has 1 N–H and O–H groups in total. The first-order valence-corrected chi connectivity index (χ1v) is 10.7. The number of rotatable bonds is 8. The number of amides is 1. The molecule has 1 aliphatic rings. The highest BCUT2D eigenvalue weighted by Crippen LogP contribution is 2.49. The summed E-state index contributed by atoms with van der Waals surface area (Å²) in [7, 11) is 0. The molecule has 1 aromatic carbocycles. The fraction of sp³-hybridized carbons (Fsp3) is 0.417. The predicted octanol–water partition coefficient (Wildman–Crippen LogP) is 3.80. The van der Waals surface area contributed by atoms with Crippen LogP contribution in [-0.4, -0.2) is 33.2 Å². The summed E-state index contributed by atoms with van der Waals surface area (Å²) in [5, 5.41) is 11.3. The van der Waals surface area contributed by atoms with Crippen molar-refractivity contribution < 1.29 is 23.1 Å². The molecule has 1 aliphatic carbocycles. The second-order valence-corrected chi connectivity index (χ2v) is 9.21. The third-order valence-corrected chi connectivity index (χ3v) is 5.71. The van der Waals surface area contributed by atoms with Gasteiger partial charge in [0.05, 0.1) is 11.6 Å². The van der Waals surface area contributed by atoms with Gasteiger partial charge in [0.1, 0.15) is 17.3 Å². The van der Waals surface area contributed by atoms with Gasteiger partial charge >= 0.3 is 0 Å². The Balaban J connectivity index is 1.27. The summed E-state index contributed by atoms with van der Waals surface area (Å²) in [6.07, 6.45) is 4.65. The molecule has 0 unspecified atom stereocenters. The minimum atomic E-state index is -0.425. The first-order valence-electron chi connectivity index (χ1n) is 10.7. The molecule has 3 aromatic rings. The smallest absolute Gasteiger partial charge is 0.258 e. The third-order valence-electron chi connectivity index (χ3n) is 5.71. The molecule has 1 amide bonds. The number of benzene rings is 1. The lowest BCUT2D eigenvalue weighted by molar-refractivity contribution is -0.127. The molecule has 33 heavy (non-hydrogen) atoms. The Hall–Kier alpha value is -3.49. The number of hydrogen-bond donors (Lipinski definition) is 1. The second kappa shape index (κ2) is 8.80. The van der Waals surface area contributed by atoms with Crippen LogP contribution < -0.4 is 14.8 Å². The van der Waals surface area contributed by atoms with Crippen molar-refractivity contribution in [3.05, 3.63) is 65.4 Å². The van der Waals surface area contributed by atoms with E-state index in [-0.39, 0.29) is 30.4 Å². The van der Waals surface area contributed by atoms with Crippen molar-refractivity contribution in [3.8, 4) is 11.5 Å². The number of pyridine rings is 1. The number of hydrogen-bond acceptors (Lipinski definition) is 7. The van der Waals surface area contributed by atoms with Crippen molar-refractivity contribution >= 4 is 5.91 Å². The van der Waals surface area contributed by atoms with Gasteiger partial charge in [-0.1, -0.05) is 13.0 Å². The molecule has 2 aromatic heterocycles. The van der Waals surface area contributed by atoms with Gasteiger partial charge in [-0.15, -0.1) is 10.2 Å². The Morgan fingerprint density at radius 1 is 1.12 bits per heavy atom. The number of ether oxygens (including phenoxy) is 2. The lowest BCUT2D eigenvalue weighted by Crippen LogP contribution is -2.61. The largest absolute Gasteiger partial charge is 0.484 e. The van der Waals surface area contributed by atoms with Crippen molar-refractivity contribution in [2.45, 2.75) is 58.1 Å². The average Bonchev–Trinajstić information content (AvgIpc) is 3.22. The summed E-state index contributed by atoms with van der Waals surface area (Å²) in [4.78, 5) is 16.5. The van der Waals surface area contributed by atoms with E-state index < -0.39 is 5.54 Å². The van der Waals surface area contributed by atoms with Gasteiger partial charge in [0.2, 0.25) is 5.89 Å². The minimum Gasteiger partial charge on any atom is -0.484 e. The van der Waals surface area contributed by atoms with Crippen LogP contribution in [0, 0.1) is 19.7 Å². The molecular formula is C24H27FN4O4. The molecule has 8 nitrogen and oxygen atoms in total. The standard InChI is InChI=1S/C24H27FN4O4/c1-15-7-18(10-26-9-15)32-12-21-28-29-22(33-21)23(3)13-24(4,14-23)27-20(30)11-31-17-6-5-16(2)19(25)8-17/h5-10H,11-14H2,1-4H3,(H,27,30). The number of aryl methyl sites for hydroxylation is 2. The molecule has 1 saturated carbocycles. The van der Waals surface area contributed by atoms with Gasteiger partial charge in [-0.25, -0.2) is 4.39 Å². The van der Waals surface area contributed by atoms with Crippen LogP contribution in [0.25, 0.3) is 0 Å². The van der Waals surface area contributed by atoms with Crippen LogP contribution in [-0.2, 0) is 16.8 Å². The molecular weight excluding hydrogens is 427 g/mol. The van der Waals surface area contributed by atoms with Crippen molar-refractivity contribution in [2.75, 3.05) is 6.61 Å². The molecule has 0 aliphatic heterocycles. The van der Waals surface area contributed by atoms with E-state index in [4.69, 9.17) is 13.9 Å². The Morgan fingerprint density at radius 3 is 2.64 bits per heavy atom. The fourth-order valence-corrected chi connectivity index (χ4v) is 4.40. The van der Waals surface area contributed by atoms with E-state index in [1.54, 1.807) is 31.5 Å². The van der Waals surface area contributed by atoms with E-state index >= 15 is 0 Å². The third kappa shape index (κ3) is 5.30. The zero-order valence-corrected chi connectivity index (χ0v) is 19.1. The minimum absolute atomic E-state index is 0.152. The maximum atomic E-state index is 13.6. The molecule has 174 valence electrons. The van der Waals surface area contributed by atoms with Crippen molar-refractivity contribution in [1.29, 1.82) is 0 Å². The lowest BCUT2D eigenvalue weighted by Gasteiger charge is -2.51. The van der Waals surface area contributed by atoms with Crippen LogP contribution >= 0.6 is 0 Å². The summed E-state index contributed by atoms with van der Waals surface area (Å²) in [6, 6.07) is 6.41. The monoisotopic (exact) mass is 454 g/mol. The topological polar surface area (TPSA) is 99.4 Å². The number of carbonyl (C=O) groups excluding carboxylic acids is 1. The predicted molar refractivity (Wildman–Crippen MR) is 117 cm³/mol. The van der Waals surface area contributed by atoms with Crippen LogP contribution in [0.3, 0.4) is 0 Å². The highest BCUT2D eigenvalue weighted by molar-refractivity contribution is 5.78. The zero-order chi connectivity index (χ0) is 23.6. The number of carbonyl (C=O) groups is 1. The molecule has 4 rings (SSSR count). The average molecular weight is 455 g/mol. The van der Waals surface area contributed by atoms with E-state index in [1.807, 2.05) is 26.8 Å². The van der Waals surface area contributed by atoms with Crippen molar-refractivity contribution in [2.24, 2.45) is 0 Å². The molecule has 0 atom stereocenters. The molecule has 0 spiro atoms. The number of halogens is 1. The van der Waals surface area contributed by atoms with Gasteiger partial charge in [0.25, 0.3) is 11.8 Å². The molecule has 0 radical (unpaired) electrons. The van der Waals surface area contributed by atoms with E-state index in [1.165, 1.54) is 6.07 Å². The SMILES string of the molecule is Cc1cncc(OCc2nnc(C3(C)CC(C)(NC(=O)COc4ccc(C)c(F)c4)C3)o2)c1. The van der Waals surface area contributed by atoms with E-state index in [2.05, 4.69) is 20.5 Å². The van der Waals surface area contributed by atoms with Gasteiger partial charge in [0, 0.05) is 17.8 Å². The molecule has 0 bridgehead atoms. The maximum absolute atomic E-state index is 13.6. The Labute approximate surface area is 191 Å². The second-order valence-electron chi connectivity index (χ2n) is 9.21. The molecule has 9 heteroatoms. The zero-order valence-electron chi connectivity index (χ0n) is 19.1. The summed E-state index contributed by atoms with van der Waals surface area (Å²) in [5.74, 6) is 1.21. The summed E-state index contributed by atoms with van der Waals surface area (Å²) < 4.78 is 30.5. The van der Waals surface area contributed by atoms with Crippen LogP contribution in [0.1, 0.15) is 49.6 Å². The number of nitrogens with zero attached hydrogens (tertiary/aromatic N) is 3. The van der Waals surface area contributed by atoms with Crippen LogP contribution in [0.15, 0.2) is 41.1 Å². The van der Waals surface area contributed by atoms with Crippen LogP contribution in [0.5, 0.6) is 11.5 Å². The van der Waals surface area contributed by atoms with E-state index in [9.17, 15) is 9.18 Å². The first-order chi connectivity index (χ1) is 15.6. The summed E-state index contributed by atoms with van der Waals surface area (Å²) in [6.45, 7) is 7.55. The highest BCUT2D eigenvalue weighted by Gasteiger charge is 2.53. The quantitative estimate of drug-likeness (QED) is 0.553. The van der Waals surface area contributed by atoms with Gasteiger partial charge in [-0.3, -0.25) is 9.78 Å².